The van der Waals surface area contributed by atoms with Crippen LogP contribution < -0.4 is 4.74 Å². The van der Waals surface area contributed by atoms with Crippen LogP contribution in [0.15, 0.2) is 34.9 Å². The van der Waals surface area contributed by atoms with Crippen LogP contribution in [0.3, 0.4) is 0 Å². The Hall–Kier alpha value is -1.89. The van der Waals surface area contributed by atoms with Crippen LogP contribution >= 0.6 is 15.9 Å². The fraction of sp³-hybridized carbons (Fsp3) is 0.182. The van der Waals surface area contributed by atoms with Crippen molar-refractivity contribution in [3.05, 3.63) is 40.6 Å². The van der Waals surface area contributed by atoms with Crippen LogP contribution in [0.4, 0.5) is 0 Å². The number of carboxylic acids is 1. The Labute approximate surface area is 111 Å². The van der Waals surface area contributed by atoms with Gasteiger partial charge in [-0.3, -0.25) is 0 Å². The van der Waals surface area contributed by atoms with Gasteiger partial charge in [0.1, 0.15) is 12.4 Å². The maximum absolute atomic E-state index is 10.6. The minimum Gasteiger partial charge on any atom is -0.492 e. The minimum atomic E-state index is -1.09. The molecule has 2 aromatic rings. The lowest BCUT2D eigenvalue weighted by atomic mass is 10.3. The van der Waals surface area contributed by atoms with Gasteiger partial charge in [-0.05, 0) is 24.3 Å². The van der Waals surface area contributed by atoms with E-state index in [1.807, 2.05) is 24.3 Å². The first-order chi connectivity index (χ1) is 8.65. The van der Waals surface area contributed by atoms with Crippen LogP contribution in [-0.2, 0) is 6.54 Å². The Balaban J connectivity index is 1.84. The number of hydrogen-bond acceptors (Lipinski definition) is 4. The topological polar surface area (TPSA) is 77.2 Å². The number of halogens is 1. The van der Waals surface area contributed by atoms with Crippen LogP contribution in [0.2, 0.25) is 0 Å². The molecule has 1 heterocycles. The van der Waals surface area contributed by atoms with Crippen molar-refractivity contribution in [1.82, 2.24) is 15.0 Å². The van der Waals surface area contributed by atoms with E-state index in [1.165, 1.54) is 10.9 Å². The maximum atomic E-state index is 10.6. The van der Waals surface area contributed by atoms with E-state index in [4.69, 9.17) is 9.84 Å². The highest BCUT2D eigenvalue weighted by Crippen LogP contribution is 2.15. The highest BCUT2D eigenvalue weighted by molar-refractivity contribution is 9.10. The lowest BCUT2D eigenvalue weighted by Crippen LogP contribution is -2.08. The molecule has 0 unspecified atom stereocenters. The normalized spacial score (nSPS) is 10.3. The molecule has 0 fully saturated rings. The second-order valence-corrected chi connectivity index (χ2v) is 4.39. The zero-order valence-electron chi connectivity index (χ0n) is 9.28. The van der Waals surface area contributed by atoms with Crippen molar-refractivity contribution in [3.63, 3.8) is 0 Å². The van der Waals surface area contributed by atoms with Crippen molar-refractivity contribution in [1.29, 1.82) is 0 Å². The van der Waals surface area contributed by atoms with Crippen molar-refractivity contribution in [2.24, 2.45) is 0 Å². The highest BCUT2D eigenvalue weighted by atomic mass is 79.9. The highest BCUT2D eigenvalue weighted by Gasteiger charge is 2.07. The van der Waals surface area contributed by atoms with Crippen LogP contribution in [0.1, 0.15) is 10.5 Å². The number of rotatable bonds is 5. The number of ether oxygens (including phenoxy) is 1. The molecule has 0 aliphatic carbocycles. The van der Waals surface area contributed by atoms with Gasteiger partial charge in [0, 0.05) is 4.47 Å². The maximum Gasteiger partial charge on any atom is 0.358 e. The summed E-state index contributed by atoms with van der Waals surface area (Å²) in [6.07, 6.45) is 1.37. The lowest BCUT2D eigenvalue weighted by Gasteiger charge is -2.05. The number of aromatic nitrogens is 3. The largest absolute Gasteiger partial charge is 0.492 e. The summed E-state index contributed by atoms with van der Waals surface area (Å²) in [5.41, 5.74) is -0.0707. The molecule has 1 aromatic carbocycles. The minimum absolute atomic E-state index is 0.0707. The first-order valence-corrected chi connectivity index (χ1v) is 5.96. The van der Waals surface area contributed by atoms with E-state index in [0.29, 0.717) is 13.2 Å². The first kappa shape index (κ1) is 12.6. The Morgan fingerprint density at radius 3 is 2.72 bits per heavy atom. The third-order valence-corrected chi connectivity index (χ3v) is 2.69. The van der Waals surface area contributed by atoms with Crippen molar-refractivity contribution in [2.75, 3.05) is 6.61 Å². The van der Waals surface area contributed by atoms with E-state index < -0.39 is 5.97 Å². The zero-order chi connectivity index (χ0) is 13.0. The predicted molar refractivity (Wildman–Crippen MR) is 66.6 cm³/mol. The van der Waals surface area contributed by atoms with Gasteiger partial charge < -0.3 is 9.84 Å². The van der Waals surface area contributed by atoms with Gasteiger partial charge in [0.15, 0.2) is 5.69 Å². The standard InChI is InChI=1S/C11H10BrN3O3/c12-8-1-3-9(4-2-8)18-6-5-15-7-10(11(16)17)13-14-15/h1-4,7H,5-6H2,(H,16,17). The zero-order valence-corrected chi connectivity index (χ0v) is 10.9. The van der Waals surface area contributed by atoms with Gasteiger partial charge in [0.05, 0.1) is 12.7 Å². The fourth-order valence-corrected chi connectivity index (χ4v) is 1.56. The number of benzene rings is 1. The number of aromatic carboxylic acids is 1. The van der Waals surface area contributed by atoms with Crippen LogP contribution in [0.5, 0.6) is 5.75 Å². The molecule has 1 N–H and O–H groups in total. The van der Waals surface area contributed by atoms with E-state index in [1.54, 1.807) is 0 Å². The van der Waals surface area contributed by atoms with Gasteiger partial charge in [-0.25, -0.2) is 9.48 Å². The molecule has 0 amide bonds. The molecule has 0 saturated heterocycles. The summed E-state index contributed by atoms with van der Waals surface area (Å²) in [5.74, 6) is -0.341. The Morgan fingerprint density at radius 1 is 1.39 bits per heavy atom. The molecule has 6 nitrogen and oxygen atoms in total. The van der Waals surface area contributed by atoms with Crippen molar-refractivity contribution in [3.8, 4) is 5.75 Å². The summed E-state index contributed by atoms with van der Waals surface area (Å²) in [6, 6.07) is 7.45. The third-order valence-electron chi connectivity index (χ3n) is 2.16. The molecule has 18 heavy (non-hydrogen) atoms. The fourth-order valence-electron chi connectivity index (χ4n) is 1.29. The monoisotopic (exact) mass is 311 g/mol. The third kappa shape index (κ3) is 3.30. The quantitative estimate of drug-likeness (QED) is 0.911. The number of hydrogen-bond donors (Lipinski definition) is 1. The SMILES string of the molecule is O=C(O)c1cn(CCOc2ccc(Br)cc2)nn1. The number of carbonyl (C=O) groups is 1. The van der Waals surface area contributed by atoms with Gasteiger partial charge in [0.2, 0.25) is 0 Å². The van der Waals surface area contributed by atoms with Gasteiger partial charge in [-0.2, -0.15) is 0 Å². The molecular formula is C11H10BrN3O3. The van der Waals surface area contributed by atoms with E-state index >= 15 is 0 Å². The molecule has 7 heteroatoms. The van der Waals surface area contributed by atoms with Crippen LogP contribution in [-0.4, -0.2) is 32.7 Å². The summed E-state index contributed by atoms with van der Waals surface area (Å²) in [5, 5.41) is 15.9. The van der Waals surface area contributed by atoms with Crippen molar-refractivity contribution < 1.29 is 14.6 Å². The molecular weight excluding hydrogens is 302 g/mol. The summed E-state index contributed by atoms with van der Waals surface area (Å²) in [6.45, 7) is 0.834. The molecule has 0 saturated carbocycles. The summed E-state index contributed by atoms with van der Waals surface area (Å²) in [7, 11) is 0. The Morgan fingerprint density at radius 2 is 2.11 bits per heavy atom. The molecule has 94 valence electrons. The summed E-state index contributed by atoms with van der Waals surface area (Å²) >= 11 is 3.33. The van der Waals surface area contributed by atoms with E-state index in [0.717, 1.165) is 10.2 Å². The second kappa shape index (κ2) is 5.63. The molecule has 0 bridgehead atoms. The average molecular weight is 312 g/mol. The smallest absolute Gasteiger partial charge is 0.358 e. The number of nitrogens with zero attached hydrogens (tertiary/aromatic N) is 3. The summed E-state index contributed by atoms with van der Waals surface area (Å²) < 4.78 is 7.89. The molecule has 0 atom stereocenters. The van der Waals surface area contributed by atoms with E-state index in [-0.39, 0.29) is 5.69 Å². The van der Waals surface area contributed by atoms with Crippen molar-refractivity contribution in [2.45, 2.75) is 6.54 Å². The lowest BCUT2D eigenvalue weighted by molar-refractivity contribution is 0.0690. The predicted octanol–water partition coefficient (Wildman–Crippen LogP) is 1.82. The molecule has 0 spiro atoms. The molecule has 1 aromatic heterocycles. The van der Waals surface area contributed by atoms with Gasteiger partial charge in [-0.15, -0.1) is 5.10 Å². The van der Waals surface area contributed by atoms with E-state index in [9.17, 15) is 4.79 Å². The first-order valence-electron chi connectivity index (χ1n) is 5.17. The van der Waals surface area contributed by atoms with Crippen LogP contribution in [0.25, 0.3) is 0 Å². The molecule has 0 aliphatic rings. The van der Waals surface area contributed by atoms with Gasteiger partial charge in [-0.1, -0.05) is 21.1 Å². The van der Waals surface area contributed by atoms with Crippen LogP contribution in [0, 0.1) is 0 Å². The van der Waals surface area contributed by atoms with Gasteiger partial charge in [0.25, 0.3) is 0 Å². The number of carboxylic acid groups (broad SMARTS) is 1. The molecule has 0 aliphatic heterocycles. The van der Waals surface area contributed by atoms with E-state index in [2.05, 4.69) is 26.2 Å². The second-order valence-electron chi connectivity index (χ2n) is 3.47. The average Bonchev–Trinajstić information content (AvgIpc) is 2.81. The Kier molecular flexibility index (Phi) is 3.93. The Bertz CT molecular complexity index is 539. The van der Waals surface area contributed by atoms with Crippen molar-refractivity contribution >= 4 is 21.9 Å². The summed E-state index contributed by atoms with van der Waals surface area (Å²) in [4.78, 5) is 10.6. The van der Waals surface area contributed by atoms with Gasteiger partial charge >= 0.3 is 5.97 Å². The molecule has 0 radical (unpaired) electrons. The molecule has 2 rings (SSSR count).